The van der Waals surface area contributed by atoms with Crippen molar-refractivity contribution in [2.45, 2.75) is 26.7 Å². The van der Waals surface area contributed by atoms with Gasteiger partial charge in [0.15, 0.2) is 0 Å². The van der Waals surface area contributed by atoms with Gasteiger partial charge in [0.05, 0.1) is 12.3 Å². The van der Waals surface area contributed by atoms with Crippen molar-refractivity contribution in [3.63, 3.8) is 0 Å². The number of hydrogen-bond acceptors (Lipinski definition) is 3. The summed E-state index contributed by atoms with van der Waals surface area (Å²) in [5, 5.41) is 3.37. The molecule has 0 aliphatic carbocycles. The maximum absolute atomic E-state index is 5.92. The molecule has 3 nitrogen and oxygen atoms in total. The van der Waals surface area contributed by atoms with Crippen LogP contribution in [0.25, 0.3) is 0 Å². The Balaban J connectivity index is 1.88. The molecule has 0 aliphatic rings. The van der Waals surface area contributed by atoms with Crippen LogP contribution in [-0.4, -0.2) is 19.8 Å². The number of para-hydroxylation sites is 3. The molecule has 2 aromatic rings. The number of rotatable bonds is 8. The molecule has 0 aliphatic heterocycles. The molecule has 0 amide bonds. The van der Waals surface area contributed by atoms with Crippen LogP contribution in [0.4, 0.5) is 5.69 Å². The van der Waals surface area contributed by atoms with Crippen LogP contribution < -0.4 is 14.8 Å². The molecule has 2 rings (SSSR count). The van der Waals surface area contributed by atoms with Crippen LogP contribution in [0.1, 0.15) is 32.3 Å². The van der Waals surface area contributed by atoms with Crippen LogP contribution in [0.3, 0.4) is 0 Å². The zero-order chi connectivity index (χ0) is 15.8. The molecule has 0 saturated carbocycles. The Kier molecular flexibility index (Phi) is 6.13. The number of benzene rings is 2. The molecule has 0 unspecified atom stereocenters. The predicted octanol–water partition coefficient (Wildman–Crippen LogP) is 4.70. The van der Waals surface area contributed by atoms with E-state index < -0.39 is 0 Å². The maximum atomic E-state index is 5.92. The fourth-order valence-electron chi connectivity index (χ4n) is 2.33. The van der Waals surface area contributed by atoms with E-state index >= 15 is 0 Å². The molecule has 2 aromatic carbocycles. The van der Waals surface area contributed by atoms with E-state index in [1.807, 2.05) is 43.3 Å². The van der Waals surface area contributed by atoms with Gasteiger partial charge in [-0.2, -0.15) is 0 Å². The molecular weight excluding hydrogens is 274 g/mol. The van der Waals surface area contributed by atoms with Crippen molar-refractivity contribution in [2.24, 2.45) is 0 Å². The third kappa shape index (κ3) is 4.42. The topological polar surface area (TPSA) is 30.5 Å². The molecule has 118 valence electrons. The summed E-state index contributed by atoms with van der Waals surface area (Å²) in [5.74, 6) is 2.31. The summed E-state index contributed by atoms with van der Waals surface area (Å²) in [6.45, 7) is 8.36. The lowest BCUT2D eigenvalue weighted by Gasteiger charge is -2.15. The molecule has 0 spiro atoms. The monoisotopic (exact) mass is 299 g/mol. The van der Waals surface area contributed by atoms with Gasteiger partial charge in [-0.3, -0.25) is 0 Å². The molecule has 0 saturated heterocycles. The van der Waals surface area contributed by atoms with Gasteiger partial charge in [0.2, 0.25) is 0 Å². The van der Waals surface area contributed by atoms with E-state index in [2.05, 4.69) is 31.3 Å². The zero-order valence-electron chi connectivity index (χ0n) is 13.6. The van der Waals surface area contributed by atoms with E-state index in [0.29, 0.717) is 19.1 Å². The SMILES string of the molecule is CCOc1ccccc1NCCOc1ccccc1C(C)C. The highest BCUT2D eigenvalue weighted by atomic mass is 16.5. The van der Waals surface area contributed by atoms with Gasteiger partial charge in [0, 0.05) is 6.54 Å². The largest absolute Gasteiger partial charge is 0.492 e. The lowest BCUT2D eigenvalue weighted by atomic mass is 10.0. The maximum Gasteiger partial charge on any atom is 0.142 e. The van der Waals surface area contributed by atoms with Crippen LogP contribution in [0.2, 0.25) is 0 Å². The van der Waals surface area contributed by atoms with Gasteiger partial charge in [-0.1, -0.05) is 44.2 Å². The Labute approximate surface area is 133 Å². The average Bonchev–Trinajstić information content (AvgIpc) is 2.53. The summed E-state index contributed by atoms with van der Waals surface area (Å²) in [4.78, 5) is 0. The van der Waals surface area contributed by atoms with E-state index in [1.54, 1.807) is 0 Å². The standard InChI is InChI=1S/C19H25NO2/c1-4-21-19-12-8-6-10-17(19)20-13-14-22-18-11-7-5-9-16(18)15(2)3/h5-12,15,20H,4,13-14H2,1-3H3. The van der Waals surface area contributed by atoms with Crippen molar-refractivity contribution < 1.29 is 9.47 Å². The minimum Gasteiger partial charge on any atom is -0.492 e. The first-order valence-corrected chi connectivity index (χ1v) is 7.89. The van der Waals surface area contributed by atoms with E-state index in [4.69, 9.17) is 9.47 Å². The lowest BCUT2D eigenvalue weighted by molar-refractivity contribution is 0.326. The first-order chi connectivity index (χ1) is 10.7. The Bertz CT molecular complexity index is 581. The Hall–Kier alpha value is -2.16. The molecule has 0 atom stereocenters. The van der Waals surface area contributed by atoms with Crippen molar-refractivity contribution in [1.29, 1.82) is 0 Å². The quantitative estimate of drug-likeness (QED) is 0.717. The van der Waals surface area contributed by atoms with E-state index in [1.165, 1.54) is 5.56 Å². The normalized spacial score (nSPS) is 10.5. The summed E-state index contributed by atoms with van der Waals surface area (Å²) < 4.78 is 11.5. The van der Waals surface area contributed by atoms with Gasteiger partial charge < -0.3 is 14.8 Å². The summed E-state index contributed by atoms with van der Waals surface area (Å²) in [6, 6.07) is 16.2. The predicted molar refractivity (Wildman–Crippen MR) is 92.1 cm³/mol. The first kappa shape index (κ1) is 16.2. The third-order valence-corrected chi connectivity index (χ3v) is 3.40. The fraction of sp³-hybridized carbons (Fsp3) is 0.368. The van der Waals surface area contributed by atoms with Crippen molar-refractivity contribution >= 4 is 5.69 Å². The van der Waals surface area contributed by atoms with Crippen LogP contribution in [-0.2, 0) is 0 Å². The van der Waals surface area contributed by atoms with Crippen molar-refractivity contribution in [2.75, 3.05) is 25.1 Å². The van der Waals surface area contributed by atoms with Gasteiger partial charge in [-0.05, 0) is 36.6 Å². The Morgan fingerprint density at radius 3 is 2.32 bits per heavy atom. The van der Waals surface area contributed by atoms with E-state index in [-0.39, 0.29) is 0 Å². The molecule has 0 fully saturated rings. The number of nitrogens with one attached hydrogen (secondary N) is 1. The second-order valence-corrected chi connectivity index (χ2v) is 5.40. The highest BCUT2D eigenvalue weighted by molar-refractivity contribution is 5.56. The molecule has 22 heavy (non-hydrogen) atoms. The number of anilines is 1. The van der Waals surface area contributed by atoms with Gasteiger partial charge in [-0.25, -0.2) is 0 Å². The summed E-state index contributed by atoms with van der Waals surface area (Å²) in [5.41, 5.74) is 2.25. The summed E-state index contributed by atoms with van der Waals surface area (Å²) in [7, 11) is 0. The van der Waals surface area contributed by atoms with Crippen LogP contribution >= 0.6 is 0 Å². The highest BCUT2D eigenvalue weighted by Gasteiger charge is 2.06. The second kappa shape index (κ2) is 8.32. The van der Waals surface area contributed by atoms with Crippen LogP contribution in [0, 0.1) is 0 Å². The smallest absolute Gasteiger partial charge is 0.142 e. The third-order valence-electron chi connectivity index (χ3n) is 3.40. The van der Waals surface area contributed by atoms with Crippen LogP contribution in [0.15, 0.2) is 48.5 Å². The summed E-state index contributed by atoms with van der Waals surface area (Å²) >= 11 is 0. The van der Waals surface area contributed by atoms with Crippen molar-refractivity contribution in [3.05, 3.63) is 54.1 Å². The average molecular weight is 299 g/mol. The van der Waals surface area contributed by atoms with Gasteiger partial charge >= 0.3 is 0 Å². The second-order valence-electron chi connectivity index (χ2n) is 5.40. The zero-order valence-corrected chi connectivity index (χ0v) is 13.6. The molecular formula is C19H25NO2. The summed E-state index contributed by atoms with van der Waals surface area (Å²) in [6.07, 6.45) is 0. The number of hydrogen-bond donors (Lipinski definition) is 1. The van der Waals surface area contributed by atoms with E-state index in [9.17, 15) is 0 Å². The molecule has 1 N–H and O–H groups in total. The lowest BCUT2D eigenvalue weighted by Crippen LogP contribution is -2.13. The molecule has 3 heteroatoms. The van der Waals surface area contributed by atoms with Gasteiger partial charge in [-0.15, -0.1) is 0 Å². The molecule has 0 aromatic heterocycles. The van der Waals surface area contributed by atoms with Crippen LogP contribution in [0.5, 0.6) is 11.5 Å². The molecule has 0 heterocycles. The first-order valence-electron chi connectivity index (χ1n) is 7.89. The fourth-order valence-corrected chi connectivity index (χ4v) is 2.33. The Morgan fingerprint density at radius 2 is 1.59 bits per heavy atom. The molecule has 0 bridgehead atoms. The highest BCUT2D eigenvalue weighted by Crippen LogP contribution is 2.26. The minimum absolute atomic E-state index is 0.461. The van der Waals surface area contributed by atoms with Crippen molar-refractivity contribution in [3.8, 4) is 11.5 Å². The molecule has 0 radical (unpaired) electrons. The number of ether oxygens (including phenoxy) is 2. The van der Waals surface area contributed by atoms with E-state index in [0.717, 1.165) is 23.7 Å². The Morgan fingerprint density at radius 1 is 0.909 bits per heavy atom. The van der Waals surface area contributed by atoms with Gasteiger partial charge in [0.1, 0.15) is 18.1 Å². The van der Waals surface area contributed by atoms with Crippen molar-refractivity contribution in [1.82, 2.24) is 0 Å². The van der Waals surface area contributed by atoms with Gasteiger partial charge in [0.25, 0.3) is 0 Å². The minimum atomic E-state index is 0.461.